The number of nitrogens with zero attached hydrogens (tertiary/aromatic N) is 3. The normalized spacial score (nSPS) is 12.8. The molecule has 0 saturated heterocycles. The molecule has 2 heterocycles. The summed E-state index contributed by atoms with van der Waals surface area (Å²) in [6.45, 7) is 4.69. The number of nitriles is 1. The molecule has 10 rings (SSSR count). The third kappa shape index (κ3) is 5.07. The van der Waals surface area contributed by atoms with Crippen LogP contribution in [0.2, 0.25) is 0 Å². The predicted octanol–water partition coefficient (Wildman–Crippen LogP) is 13.0. The van der Waals surface area contributed by atoms with Gasteiger partial charge in [0.2, 0.25) is 0 Å². The van der Waals surface area contributed by atoms with E-state index in [1.807, 2.05) is 30.3 Å². The molecule has 9 aromatic rings. The Balaban J connectivity index is 1.26. The number of rotatable bonds is 5. The van der Waals surface area contributed by atoms with Crippen LogP contribution < -0.4 is 0 Å². The number of para-hydroxylation sites is 1. The molecule has 0 bridgehead atoms. The van der Waals surface area contributed by atoms with Crippen LogP contribution in [0, 0.1) is 11.3 Å². The number of pyridine rings is 1. The fraction of sp³-hybridized carbons (Fsp3) is 0.0588. The maximum absolute atomic E-state index is 9.60. The standard InChI is InChI=1S/C51H35N3/c1-51(2)45-19-11-9-17-41(45)43-30-44-42-18-10-12-20-49(42)54(50(44)31-46(43)51)40-26-37(35-23-21-33(32-52)22-24-35)25-39(27-40)48-29-38(34-13-5-3-6-14-34)28-47(53-48)36-15-7-4-8-16-36/h3-31H,1-2H3. The van der Waals surface area contributed by atoms with Gasteiger partial charge in [0.25, 0.3) is 0 Å². The molecule has 0 unspecified atom stereocenters. The molecule has 0 saturated carbocycles. The molecule has 0 amide bonds. The average Bonchev–Trinajstić information content (AvgIpc) is 3.68. The predicted molar refractivity (Wildman–Crippen MR) is 223 cm³/mol. The second-order valence-electron chi connectivity index (χ2n) is 14.8. The molecule has 2 aromatic heterocycles. The molecule has 1 aliphatic carbocycles. The van der Waals surface area contributed by atoms with E-state index in [9.17, 15) is 5.26 Å². The molecule has 54 heavy (non-hydrogen) atoms. The summed E-state index contributed by atoms with van der Waals surface area (Å²) in [7, 11) is 0. The summed E-state index contributed by atoms with van der Waals surface area (Å²) < 4.78 is 2.43. The number of aromatic nitrogens is 2. The summed E-state index contributed by atoms with van der Waals surface area (Å²) in [6.07, 6.45) is 0. The summed E-state index contributed by atoms with van der Waals surface area (Å²) in [5.74, 6) is 0. The van der Waals surface area contributed by atoms with Crippen LogP contribution in [0.3, 0.4) is 0 Å². The minimum atomic E-state index is -0.132. The molecule has 7 aromatic carbocycles. The summed E-state index contributed by atoms with van der Waals surface area (Å²) in [5, 5.41) is 12.1. The Hall–Kier alpha value is -7.02. The Bertz CT molecular complexity index is 2890. The molecular weight excluding hydrogens is 655 g/mol. The van der Waals surface area contributed by atoms with Crippen molar-refractivity contribution in [1.29, 1.82) is 5.26 Å². The lowest BCUT2D eigenvalue weighted by Crippen LogP contribution is -2.15. The first kappa shape index (κ1) is 31.7. The highest BCUT2D eigenvalue weighted by molar-refractivity contribution is 6.11. The van der Waals surface area contributed by atoms with Crippen LogP contribution in [0.4, 0.5) is 0 Å². The Morgan fingerprint density at radius 2 is 1.07 bits per heavy atom. The van der Waals surface area contributed by atoms with Gasteiger partial charge in [0.05, 0.1) is 34.1 Å². The van der Waals surface area contributed by atoms with E-state index in [2.05, 4.69) is 170 Å². The Labute approximate surface area is 315 Å². The van der Waals surface area contributed by atoms with Crippen LogP contribution in [0.25, 0.3) is 83.4 Å². The summed E-state index contributed by atoms with van der Waals surface area (Å²) in [4.78, 5) is 5.35. The number of hydrogen-bond donors (Lipinski definition) is 0. The van der Waals surface area contributed by atoms with Crippen molar-refractivity contribution in [3.05, 3.63) is 193 Å². The molecule has 0 N–H and O–H groups in total. The van der Waals surface area contributed by atoms with Crippen LogP contribution in [0.1, 0.15) is 30.5 Å². The molecule has 0 atom stereocenters. The Morgan fingerprint density at radius 1 is 0.463 bits per heavy atom. The maximum Gasteiger partial charge on any atom is 0.0991 e. The molecule has 0 aliphatic heterocycles. The molecule has 3 nitrogen and oxygen atoms in total. The first-order valence-electron chi connectivity index (χ1n) is 18.4. The van der Waals surface area contributed by atoms with Crippen LogP contribution in [-0.2, 0) is 5.41 Å². The highest BCUT2D eigenvalue weighted by Gasteiger charge is 2.36. The molecule has 3 heteroatoms. The SMILES string of the molecule is CC1(C)c2ccccc2-c2cc3c4ccccc4n(-c4cc(-c5ccc(C#N)cc5)cc(-c5cc(-c6ccccc6)cc(-c6ccccc6)n5)c4)c3cc21. The fourth-order valence-electron chi connectivity index (χ4n) is 8.47. The third-order valence-corrected chi connectivity index (χ3v) is 11.2. The lowest BCUT2D eigenvalue weighted by molar-refractivity contribution is 0.661. The van der Waals surface area contributed by atoms with Gasteiger partial charge in [-0.1, -0.05) is 129 Å². The molecular formula is C51H35N3. The van der Waals surface area contributed by atoms with Crippen molar-refractivity contribution in [2.24, 2.45) is 0 Å². The van der Waals surface area contributed by atoms with Gasteiger partial charge in [0.1, 0.15) is 0 Å². The largest absolute Gasteiger partial charge is 0.309 e. The topological polar surface area (TPSA) is 41.6 Å². The summed E-state index contributed by atoms with van der Waals surface area (Å²) >= 11 is 0. The fourth-order valence-corrected chi connectivity index (χ4v) is 8.47. The Kier molecular flexibility index (Phi) is 7.22. The van der Waals surface area contributed by atoms with Crippen molar-refractivity contribution in [2.75, 3.05) is 0 Å². The van der Waals surface area contributed by atoms with Crippen LogP contribution in [0.15, 0.2) is 176 Å². The van der Waals surface area contributed by atoms with E-state index in [0.29, 0.717) is 5.56 Å². The second-order valence-corrected chi connectivity index (χ2v) is 14.8. The molecule has 1 aliphatic rings. The smallest absolute Gasteiger partial charge is 0.0991 e. The average molecular weight is 690 g/mol. The van der Waals surface area contributed by atoms with Gasteiger partial charge >= 0.3 is 0 Å². The first-order valence-corrected chi connectivity index (χ1v) is 18.4. The summed E-state index contributed by atoms with van der Waals surface area (Å²) in [6, 6.07) is 64.8. The van der Waals surface area contributed by atoms with E-state index in [1.54, 1.807) is 0 Å². The molecule has 0 fully saturated rings. The van der Waals surface area contributed by atoms with E-state index in [1.165, 1.54) is 38.5 Å². The summed E-state index contributed by atoms with van der Waals surface area (Å²) in [5.41, 5.74) is 17.5. The van der Waals surface area contributed by atoms with Gasteiger partial charge in [-0.15, -0.1) is 0 Å². The van der Waals surface area contributed by atoms with Crippen molar-refractivity contribution in [3.63, 3.8) is 0 Å². The highest BCUT2D eigenvalue weighted by atomic mass is 15.0. The van der Waals surface area contributed by atoms with Crippen molar-refractivity contribution < 1.29 is 0 Å². The molecule has 254 valence electrons. The minimum Gasteiger partial charge on any atom is -0.309 e. The Morgan fingerprint density at radius 3 is 1.83 bits per heavy atom. The van der Waals surface area contributed by atoms with Gasteiger partial charge in [0, 0.05) is 33.0 Å². The van der Waals surface area contributed by atoms with E-state index < -0.39 is 0 Å². The van der Waals surface area contributed by atoms with E-state index in [4.69, 9.17) is 4.98 Å². The minimum absolute atomic E-state index is 0.132. The third-order valence-electron chi connectivity index (χ3n) is 11.2. The maximum atomic E-state index is 9.60. The lowest BCUT2D eigenvalue weighted by atomic mass is 9.82. The van der Waals surface area contributed by atoms with Gasteiger partial charge < -0.3 is 4.57 Å². The van der Waals surface area contributed by atoms with Gasteiger partial charge in [-0.2, -0.15) is 5.26 Å². The van der Waals surface area contributed by atoms with Crippen molar-refractivity contribution >= 4 is 21.8 Å². The molecule has 0 radical (unpaired) electrons. The van der Waals surface area contributed by atoms with Gasteiger partial charge in [-0.25, -0.2) is 4.98 Å². The lowest BCUT2D eigenvalue weighted by Gasteiger charge is -2.22. The zero-order valence-electron chi connectivity index (χ0n) is 30.1. The zero-order valence-corrected chi connectivity index (χ0v) is 30.1. The quantitative estimate of drug-likeness (QED) is 0.180. The van der Waals surface area contributed by atoms with Gasteiger partial charge in [-0.3, -0.25) is 0 Å². The van der Waals surface area contributed by atoms with E-state index >= 15 is 0 Å². The van der Waals surface area contributed by atoms with Crippen LogP contribution in [-0.4, -0.2) is 9.55 Å². The van der Waals surface area contributed by atoms with Crippen molar-refractivity contribution in [1.82, 2.24) is 9.55 Å². The van der Waals surface area contributed by atoms with E-state index in [0.717, 1.165) is 56.0 Å². The number of hydrogen-bond acceptors (Lipinski definition) is 2. The van der Waals surface area contributed by atoms with Gasteiger partial charge in [0.15, 0.2) is 0 Å². The first-order chi connectivity index (χ1) is 26.5. The number of fused-ring (bicyclic) bond motifs is 6. The molecule has 0 spiro atoms. The van der Waals surface area contributed by atoms with E-state index in [-0.39, 0.29) is 5.41 Å². The van der Waals surface area contributed by atoms with Crippen molar-refractivity contribution in [2.45, 2.75) is 19.3 Å². The highest BCUT2D eigenvalue weighted by Crippen LogP contribution is 2.51. The second kappa shape index (κ2) is 12.3. The number of benzene rings is 7. The monoisotopic (exact) mass is 689 g/mol. The van der Waals surface area contributed by atoms with Gasteiger partial charge in [-0.05, 0) is 105 Å². The van der Waals surface area contributed by atoms with Crippen LogP contribution >= 0.6 is 0 Å². The van der Waals surface area contributed by atoms with Crippen molar-refractivity contribution in [3.8, 4) is 67.7 Å². The van der Waals surface area contributed by atoms with Crippen LogP contribution in [0.5, 0.6) is 0 Å². The zero-order chi connectivity index (χ0) is 36.4.